The molecule has 0 aromatic carbocycles. The third-order valence-corrected chi connectivity index (χ3v) is 2.72. The predicted molar refractivity (Wildman–Crippen MR) is 66.9 cm³/mol. The highest BCUT2D eigenvalue weighted by molar-refractivity contribution is 5.49. The number of morpholine rings is 1. The molecule has 1 fully saturated rings. The van der Waals surface area contributed by atoms with Gasteiger partial charge in [-0.05, 0) is 6.42 Å². The predicted octanol–water partition coefficient (Wildman–Crippen LogP) is 0.551. The molecule has 0 unspecified atom stereocenters. The van der Waals surface area contributed by atoms with Crippen molar-refractivity contribution in [2.45, 2.75) is 19.8 Å². The van der Waals surface area contributed by atoms with Gasteiger partial charge in [-0.1, -0.05) is 6.92 Å². The van der Waals surface area contributed by atoms with Crippen molar-refractivity contribution in [1.82, 2.24) is 9.97 Å². The summed E-state index contributed by atoms with van der Waals surface area (Å²) in [5.41, 5.74) is 2.60. The molecule has 94 valence electrons. The van der Waals surface area contributed by atoms with Gasteiger partial charge in [0.15, 0.2) is 0 Å². The van der Waals surface area contributed by atoms with Gasteiger partial charge in [-0.15, -0.1) is 0 Å². The first-order chi connectivity index (χ1) is 8.33. The van der Waals surface area contributed by atoms with E-state index in [0.29, 0.717) is 5.82 Å². The lowest BCUT2D eigenvalue weighted by molar-refractivity contribution is 0.122. The number of nitrogen functional groups attached to an aromatic ring is 1. The average molecular weight is 237 g/mol. The van der Waals surface area contributed by atoms with Gasteiger partial charge in [0.2, 0.25) is 0 Å². The zero-order valence-electron chi connectivity index (χ0n) is 10.1. The summed E-state index contributed by atoms with van der Waals surface area (Å²) in [6.45, 7) is 5.34. The molecule has 0 saturated carbocycles. The number of hydrogen-bond donors (Lipinski definition) is 2. The molecule has 0 aliphatic carbocycles. The van der Waals surface area contributed by atoms with Crippen LogP contribution in [0.3, 0.4) is 0 Å². The Hall–Kier alpha value is -1.40. The molecule has 17 heavy (non-hydrogen) atoms. The quantitative estimate of drug-likeness (QED) is 0.588. The van der Waals surface area contributed by atoms with E-state index in [-0.39, 0.29) is 0 Å². The Morgan fingerprint density at radius 2 is 2.18 bits per heavy atom. The second-order valence-corrected chi connectivity index (χ2v) is 4.02. The number of nitrogens with two attached hydrogens (primary N) is 1. The maximum atomic E-state index is 5.43. The third-order valence-electron chi connectivity index (χ3n) is 2.72. The van der Waals surface area contributed by atoms with Crippen LogP contribution in [0.2, 0.25) is 0 Å². The first-order valence-corrected chi connectivity index (χ1v) is 6.00. The van der Waals surface area contributed by atoms with E-state index in [9.17, 15) is 0 Å². The molecule has 1 aliphatic rings. The lowest BCUT2D eigenvalue weighted by Crippen LogP contribution is -2.37. The SMILES string of the molecule is CCCc1nc(NN)cc(N2CCOCC2)n1. The fourth-order valence-electron chi connectivity index (χ4n) is 1.85. The molecule has 0 spiro atoms. The van der Waals surface area contributed by atoms with Crippen molar-refractivity contribution < 1.29 is 4.74 Å². The Bertz CT molecular complexity index is 365. The second kappa shape index (κ2) is 5.79. The van der Waals surface area contributed by atoms with E-state index in [0.717, 1.165) is 50.8 Å². The van der Waals surface area contributed by atoms with E-state index in [1.807, 2.05) is 6.07 Å². The average Bonchev–Trinajstić information content (AvgIpc) is 2.40. The number of aromatic nitrogens is 2. The standard InChI is InChI=1S/C11H19N5O/c1-2-3-9-13-10(15-12)8-11(14-9)16-4-6-17-7-5-16/h8H,2-7,12H2,1H3,(H,13,14,15). The number of rotatable bonds is 4. The normalized spacial score (nSPS) is 16.0. The van der Waals surface area contributed by atoms with Gasteiger partial charge in [-0.2, -0.15) is 0 Å². The zero-order chi connectivity index (χ0) is 12.1. The Morgan fingerprint density at radius 3 is 2.82 bits per heavy atom. The van der Waals surface area contributed by atoms with Crippen molar-refractivity contribution in [3.05, 3.63) is 11.9 Å². The molecule has 0 bridgehead atoms. The summed E-state index contributed by atoms with van der Waals surface area (Å²) in [6.07, 6.45) is 1.89. The van der Waals surface area contributed by atoms with Crippen molar-refractivity contribution in [3.63, 3.8) is 0 Å². The third kappa shape index (κ3) is 3.04. The summed E-state index contributed by atoms with van der Waals surface area (Å²) in [5, 5.41) is 0. The Balaban J connectivity index is 2.21. The summed E-state index contributed by atoms with van der Waals surface area (Å²) < 4.78 is 5.33. The second-order valence-electron chi connectivity index (χ2n) is 4.02. The number of ether oxygens (including phenoxy) is 1. The summed E-state index contributed by atoms with van der Waals surface area (Å²) in [4.78, 5) is 11.1. The van der Waals surface area contributed by atoms with Gasteiger partial charge < -0.3 is 15.1 Å². The molecule has 6 heteroatoms. The zero-order valence-corrected chi connectivity index (χ0v) is 10.1. The molecule has 1 saturated heterocycles. The number of hydrogen-bond acceptors (Lipinski definition) is 6. The molecular weight excluding hydrogens is 218 g/mol. The van der Waals surface area contributed by atoms with Gasteiger partial charge in [0.1, 0.15) is 17.5 Å². The first kappa shape index (κ1) is 12.1. The Labute approximate surface area is 101 Å². The van der Waals surface area contributed by atoms with E-state index in [2.05, 4.69) is 27.2 Å². The molecule has 0 atom stereocenters. The van der Waals surface area contributed by atoms with Crippen LogP contribution in [0, 0.1) is 0 Å². The fraction of sp³-hybridized carbons (Fsp3) is 0.636. The van der Waals surface area contributed by atoms with Crippen LogP contribution in [0.15, 0.2) is 6.07 Å². The lowest BCUT2D eigenvalue weighted by atomic mass is 10.3. The van der Waals surface area contributed by atoms with Gasteiger partial charge in [0.25, 0.3) is 0 Å². The van der Waals surface area contributed by atoms with E-state index in [4.69, 9.17) is 10.6 Å². The molecule has 1 aromatic heterocycles. The number of hydrazine groups is 1. The van der Waals surface area contributed by atoms with E-state index < -0.39 is 0 Å². The number of aryl methyl sites for hydroxylation is 1. The van der Waals surface area contributed by atoms with Crippen molar-refractivity contribution >= 4 is 11.6 Å². The maximum absolute atomic E-state index is 5.43. The van der Waals surface area contributed by atoms with Crippen LogP contribution < -0.4 is 16.2 Å². The molecule has 1 aromatic rings. The van der Waals surface area contributed by atoms with Gasteiger partial charge >= 0.3 is 0 Å². The van der Waals surface area contributed by atoms with Crippen LogP contribution in [-0.2, 0) is 11.2 Å². The van der Waals surface area contributed by atoms with Crippen LogP contribution in [-0.4, -0.2) is 36.3 Å². The van der Waals surface area contributed by atoms with Crippen LogP contribution in [0.5, 0.6) is 0 Å². The molecular formula is C11H19N5O. The number of nitrogens with one attached hydrogen (secondary N) is 1. The highest BCUT2D eigenvalue weighted by atomic mass is 16.5. The van der Waals surface area contributed by atoms with E-state index in [1.54, 1.807) is 0 Å². The van der Waals surface area contributed by atoms with Crippen molar-refractivity contribution in [3.8, 4) is 0 Å². The van der Waals surface area contributed by atoms with Gasteiger partial charge in [-0.3, -0.25) is 0 Å². The van der Waals surface area contributed by atoms with Gasteiger partial charge in [0, 0.05) is 25.6 Å². The number of nitrogens with zero attached hydrogens (tertiary/aromatic N) is 3. The minimum absolute atomic E-state index is 0.671. The number of anilines is 2. The summed E-state index contributed by atoms with van der Waals surface area (Å²) >= 11 is 0. The smallest absolute Gasteiger partial charge is 0.145 e. The maximum Gasteiger partial charge on any atom is 0.145 e. The molecule has 3 N–H and O–H groups in total. The minimum atomic E-state index is 0.671. The molecule has 2 heterocycles. The monoisotopic (exact) mass is 237 g/mol. The lowest BCUT2D eigenvalue weighted by Gasteiger charge is -2.28. The van der Waals surface area contributed by atoms with Crippen LogP contribution >= 0.6 is 0 Å². The van der Waals surface area contributed by atoms with Crippen molar-refractivity contribution in [2.75, 3.05) is 36.6 Å². The van der Waals surface area contributed by atoms with Crippen LogP contribution in [0.25, 0.3) is 0 Å². The van der Waals surface area contributed by atoms with Crippen LogP contribution in [0.1, 0.15) is 19.2 Å². The van der Waals surface area contributed by atoms with Gasteiger partial charge in [-0.25, -0.2) is 15.8 Å². The fourth-order valence-corrected chi connectivity index (χ4v) is 1.85. The summed E-state index contributed by atoms with van der Waals surface area (Å²) in [7, 11) is 0. The van der Waals surface area contributed by atoms with Crippen LogP contribution in [0.4, 0.5) is 11.6 Å². The Morgan fingerprint density at radius 1 is 1.41 bits per heavy atom. The summed E-state index contributed by atoms with van der Waals surface area (Å²) in [6, 6.07) is 1.88. The topological polar surface area (TPSA) is 76.3 Å². The highest BCUT2D eigenvalue weighted by Crippen LogP contribution is 2.17. The van der Waals surface area contributed by atoms with Crippen molar-refractivity contribution in [1.29, 1.82) is 0 Å². The molecule has 1 aliphatic heterocycles. The molecule has 2 rings (SSSR count). The highest BCUT2D eigenvalue weighted by Gasteiger charge is 2.14. The van der Waals surface area contributed by atoms with Crippen molar-refractivity contribution in [2.24, 2.45) is 5.84 Å². The minimum Gasteiger partial charge on any atom is -0.378 e. The molecule has 0 radical (unpaired) electrons. The summed E-state index contributed by atoms with van der Waals surface area (Å²) in [5.74, 6) is 7.87. The Kier molecular flexibility index (Phi) is 4.11. The molecule has 6 nitrogen and oxygen atoms in total. The first-order valence-electron chi connectivity index (χ1n) is 6.00. The van der Waals surface area contributed by atoms with E-state index in [1.165, 1.54) is 0 Å². The largest absolute Gasteiger partial charge is 0.378 e. The van der Waals surface area contributed by atoms with Gasteiger partial charge in [0.05, 0.1) is 13.2 Å². The molecule has 0 amide bonds. The van der Waals surface area contributed by atoms with E-state index >= 15 is 0 Å².